The molecule has 1 saturated heterocycles. The lowest BCUT2D eigenvalue weighted by molar-refractivity contribution is -0.258. The van der Waals surface area contributed by atoms with Crippen molar-refractivity contribution < 1.29 is 33.0 Å². The number of aliphatic hydroxyl groups is 1. The van der Waals surface area contributed by atoms with E-state index in [4.69, 9.17) is 11.6 Å². The summed E-state index contributed by atoms with van der Waals surface area (Å²) in [5.74, 6) is -1.36. The van der Waals surface area contributed by atoms with Gasteiger partial charge in [0, 0.05) is 28.9 Å². The van der Waals surface area contributed by atoms with E-state index in [0.29, 0.717) is 62.9 Å². The van der Waals surface area contributed by atoms with E-state index in [1.807, 2.05) is 29.2 Å². The van der Waals surface area contributed by atoms with Gasteiger partial charge in [-0.05, 0) is 92.7 Å². The molecule has 3 aliphatic rings. The Hall–Kier alpha value is -2.58. The van der Waals surface area contributed by atoms with Crippen molar-refractivity contribution >= 4 is 23.5 Å². The number of likely N-dealkylation sites (tertiary alicyclic amines) is 1. The maximum Gasteiger partial charge on any atom is 0.421 e. The fraction of sp³-hybridized carbons (Fsp3) is 0.533. The number of carbonyl (C=O) groups excluding carboxylic acids is 1. The van der Waals surface area contributed by atoms with Crippen LogP contribution in [-0.2, 0) is 33.4 Å². The van der Waals surface area contributed by atoms with E-state index >= 15 is 0 Å². The molecule has 1 saturated carbocycles. The fourth-order valence-electron chi connectivity index (χ4n) is 7.09. The van der Waals surface area contributed by atoms with Gasteiger partial charge in [0.25, 0.3) is 0 Å². The Bertz CT molecular complexity index is 1250. The second-order valence-electron chi connectivity index (χ2n) is 11.6. The molecule has 9 heteroatoms. The maximum atomic E-state index is 13.8. The fourth-order valence-corrected chi connectivity index (χ4v) is 7.21. The Morgan fingerprint density at radius 3 is 2.28 bits per heavy atom. The van der Waals surface area contributed by atoms with E-state index < -0.39 is 29.1 Å². The first kappa shape index (κ1) is 28.0. The van der Waals surface area contributed by atoms with Crippen LogP contribution in [0.2, 0.25) is 5.02 Å². The lowest BCUT2D eigenvalue weighted by Crippen LogP contribution is -2.51. The molecule has 2 fully saturated rings. The van der Waals surface area contributed by atoms with Crippen molar-refractivity contribution in [2.75, 3.05) is 6.54 Å². The number of hydrogen-bond acceptors (Lipinski definition) is 3. The molecule has 0 radical (unpaired) electrons. The summed E-state index contributed by atoms with van der Waals surface area (Å²) in [4.78, 5) is 27.1. The number of aliphatic carboxylic acids is 1. The Labute approximate surface area is 231 Å². The molecule has 2 aromatic rings. The van der Waals surface area contributed by atoms with Gasteiger partial charge in [-0.25, -0.2) is 0 Å². The first-order valence-corrected chi connectivity index (χ1v) is 13.9. The largest absolute Gasteiger partial charge is 0.481 e. The number of aryl methyl sites for hydroxylation is 1. The smallest absolute Gasteiger partial charge is 0.421 e. The third-order valence-corrected chi connectivity index (χ3v) is 9.65. The van der Waals surface area contributed by atoms with Crippen molar-refractivity contribution in [3.05, 3.63) is 69.7 Å². The van der Waals surface area contributed by atoms with E-state index in [0.717, 1.165) is 23.6 Å². The lowest BCUT2D eigenvalue weighted by Gasteiger charge is -2.45. The van der Waals surface area contributed by atoms with Crippen LogP contribution >= 0.6 is 11.6 Å². The van der Waals surface area contributed by atoms with Crippen molar-refractivity contribution in [2.45, 2.75) is 81.5 Å². The van der Waals surface area contributed by atoms with Crippen LogP contribution in [0, 0.1) is 11.8 Å². The number of alkyl halides is 3. The minimum atomic E-state index is -4.81. The van der Waals surface area contributed by atoms with E-state index in [1.165, 1.54) is 12.1 Å². The molecule has 0 bridgehead atoms. The summed E-state index contributed by atoms with van der Waals surface area (Å²) in [6.07, 6.45) is -0.351. The van der Waals surface area contributed by atoms with Gasteiger partial charge >= 0.3 is 12.1 Å². The Kier molecular flexibility index (Phi) is 7.25. The summed E-state index contributed by atoms with van der Waals surface area (Å²) >= 11 is 6.12. The third-order valence-electron chi connectivity index (χ3n) is 9.40. The monoisotopic (exact) mass is 563 g/mol. The van der Waals surface area contributed by atoms with Gasteiger partial charge in [-0.3, -0.25) is 9.59 Å². The second kappa shape index (κ2) is 10.1. The molecule has 2 aromatic carbocycles. The molecule has 210 valence electrons. The van der Waals surface area contributed by atoms with Crippen molar-refractivity contribution in [1.82, 2.24) is 4.90 Å². The average molecular weight is 564 g/mol. The van der Waals surface area contributed by atoms with Gasteiger partial charge in [-0.15, -0.1) is 0 Å². The molecule has 3 unspecified atom stereocenters. The number of halogens is 4. The molecule has 2 N–H and O–H groups in total. The van der Waals surface area contributed by atoms with E-state index in [2.05, 4.69) is 0 Å². The van der Waals surface area contributed by atoms with Gasteiger partial charge in [-0.2, -0.15) is 13.2 Å². The zero-order valence-electron chi connectivity index (χ0n) is 21.8. The van der Waals surface area contributed by atoms with Crippen LogP contribution in [0.1, 0.15) is 67.7 Å². The minimum Gasteiger partial charge on any atom is -0.481 e. The molecule has 0 spiro atoms. The van der Waals surface area contributed by atoms with Crippen LogP contribution in [0.5, 0.6) is 0 Å². The summed E-state index contributed by atoms with van der Waals surface area (Å²) in [5.41, 5.74) is -0.902. The number of benzene rings is 2. The van der Waals surface area contributed by atoms with Crippen LogP contribution < -0.4 is 0 Å². The normalized spacial score (nSPS) is 28.4. The Morgan fingerprint density at radius 2 is 1.67 bits per heavy atom. The van der Waals surface area contributed by atoms with Crippen LogP contribution in [0.25, 0.3) is 0 Å². The van der Waals surface area contributed by atoms with Gasteiger partial charge < -0.3 is 15.1 Å². The van der Waals surface area contributed by atoms with Crippen LogP contribution in [0.4, 0.5) is 13.2 Å². The summed E-state index contributed by atoms with van der Waals surface area (Å²) in [5, 5.41) is 20.3. The SMILES string of the molecule is CC(O)(c1ccc2c(c1)CCC1N(C(=O)C3CCC(C(=O)O)CC3)CCC21Cc1ccc(Cl)cc1)C(F)(F)F. The highest BCUT2D eigenvalue weighted by molar-refractivity contribution is 6.30. The number of fused-ring (bicyclic) bond motifs is 3. The number of carbonyl (C=O) groups is 2. The highest BCUT2D eigenvalue weighted by Gasteiger charge is 2.55. The summed E-state index contributed by atoms with van der Waals surface area (Å²) in [6.45, 7) is 1.32. The lowest BCUT2D eigenvalue weighted by atomic mass is 9.63. The predicted molar refractivity (Wildman–Crippen MR) is 140 cm³/mol. The van der Waals surface area contributed by atoms with Crippen molar-refractivity contribution in [2.24, 2.45) is 11.8 Å². The predicted octanol–water partition coefficient (Wildman–Crippen LogP) is 6.03. The quantitative estimate of drug-likeness (QED) is 0.466. The number of hydrogen-bond donors (Lipinski definition) is 2. The molecule has 1 amide bonds. The van der Waals surface area contributed by atoms with Gasteiger partial charge in [0.1, 0.15) is 0 Å². The summed E-state index contributed by atoms with van der Waals surface area (Å²) in [6, 6.07) is 12.0. The number of nitrogens with zero attached hydrogens (tertiary/aromatic N) is 1. The van der Waals surface area contributed by atoms with E-state index in [9.17, 15) is 33.0 Å². The molecule has 3 atom stereocenters. The highest BCUT2D eigenvalue weighted by atomic mass is 35.5. The zero-order chi connectivity index (χ0) is 28.2. The third kappa shape index (κ3) is 4.95. The molecule has 2 aliphatic carbocycles. The van der Waals surface area contributed by atoms with Gasteiger partial charge in [0.2, 0.25) is 5.91 Å². The molecule has 0 aromatic heterocycles. The topological polar surface area (TPSA) is 77.8 Å². The standard InChI is InChI=1S/C30H33ClF3NO4/c1-28(39,30(32,33)34)22-9-12-24-21(16-22)8-13-25-29(24,17-18-2-10-23(31)11-3-18)14-15-35(25)26(36)19-4-6-20(7-5-19)27(37)38/h2-3,9-12,16,19-20,25,39H,4-8,13-15,17H2,1H3,(H,37,38). The summed E-state index contributed by atoms with van der Waals surface area (Å²) < 4.78 is 40.8. The Morgan fingerprint density at radius 1 is 1.03 bits per heavy atom. The van der Waals surface area contributed by atoms with Gasteiger partial charge in [0.05, 0.1) is 5.92 Å². The van der Waals surface area contributed by atoms with E-state index in [1.54, 1.807) is 6.07 Å². The van der Waals surface area contributed by atoms with Gasteiger partial charge in [0.15, 0.2) is 5.60 Å². The zero-order valence-corrected chi connectivity index (χ0v) is 22.6. The highest BCUT2D eigenvalue weighted by Crippen LogP contribution is 2.51. The van der Waals surface area contributed by atoms with Gasteiger partial charge in [-0.1, -0.05) is 41.9 Å². The Balaban J connectivity index is 1.49. The number of carboxylic acid groups (broad SMARTS) is 1. The maximum absolute atomic E-state index is 13.8. The van der Waals surface area contributed by atoms with Crippen molar-refractivity contribution in [3.63, 3.8) is 0 Å². The second-order valence-corrected chi connectivity index (χ2v) is 12.1. The average Bonchev–Trinajstić information content (AvgIpc) is 3.28. The van der Waals surface area contributed by atoms with Crippen LogP contribution in [-0.4, -0.2) is 45.8 Å². The minimum absolute atomic E-state index is 0.0573. The molecule has 1 aliphatic heterocycles. The van der Waals surface area contributed by atoms with Crippen LogP contribution in [0.3, 0.4) is 0 Å². The van der Waals surface area contributed by atoms with Crippen molar-refractivity contribution in [3.8, 4) is 0 Å². The molecule has 1 heterocycles. The number of rotatable bonds is 5. The first-order chi connectivity index (χ1) is 18.3. The first-order valence-electron chi connectivity index (χ1n) is 13.5. The van der Waals surface area contributed by atoms with E-state index in [-0.39, 0.29) is 23.4 Å². The number of carboxylic acids is 1. The number of amides is 1. The summed E-state index contributed by atoms with van der Waals surface area (Å²) in [7, 11) is 0. The molecular weight excluding hydrogens is 531 g/mol. The van der Waals surface area contributed by atoms with Crippen molar-refractivity contribution in [1.29, 1.82) is 0 Å². The molecule has 5 nitrogen and oxygen atoms in total. The molecular formula is C30H33ClF3NO4. The molecule has 39 heavy (non-hydrogen) atoms. The molecule has 5 rings (SSSR count). The van der Waals surface area contributed by atoms with Crippen LogP contribution in [0.15, 0.2) is 42.5 Å².